The summed E-state index contributed by atoms with van der Waals surface area (Å²) in [5.74, 6) is 1.97. The molecule has 2 N–H and O–H groups in total. The quantitative estimate of drug-likeness (QED) is 0.563. The molecule has 0 aromatic heterocycles. The molecule has 4 heteroatoms. The summed E-state index contributed by atoms with van der Waals surface area (Å²) < 4.78 is 11.1. The van der Waals surface area contributed by atoms with E-state index < -0.39 is 0 Å². The minimum absolute atomic E-state index is 0.0425. The Morgan fingerprint density at radius 2 is 1.39 bits per heavy atom. The topological polar surface area (TPSA) is 58.9 Å². The number of ether oxygens (including phenoxy) is 2. The second-order valence-corrected chi connectivity index (χ2v) is 6.57. The molecule has 0 spiro atoms. The van der Waals surface area contributed by atoms with Gasteiger partial charge in [-0.05, 0) is 47.0 Å². The maximum atomic E-state index is 9.59. The van der Waals surface area contributed by atoms with Crippen LogP contribution in [0.4, 0.5) is 0 Å². The predicted molar refractivity (Wildman–Crippen MR) is 112 cm³/mol. The van der Waals surface area contributed by atoms with E-state index in [1.807, 2.05) is 48.6 Å². The van der Waals surface area contributed by atoms with Crippen LogP contribution in [0, 0.1) is 0 Å². The zero-order valence-electron chi connectivity index (χ0n) is 16.2. The third kappa shape index (κ3) is 4.29. The zero-order chi connectivity index (χ0) is 20.1. The molecule has 0 aliphatic rings. The van der Waals surface area contributed by atoms with Gasteiger partial charge in [0, 0.05) is 17.5 Å². The van der Waals surface area contributed by atoms with Crippen molar-refractivity contribution in [3.8, 4) is 23.0 Å². The summed E-state index contributed by atoms with van der Waals surface area (Å²) in [6, 6.07) is 18.1. The van der Waals surface area contributed by atoms with Gasteiger partial charge in [0.1, 0.15) is 23.0 Å². The molecular formula is C24H24O4. The standard InChI is InChI=1S/C24H24O4/c1-16(18-8-12-21(26)13-9-18)24-19(14-22(27-2)15-23(24)28-3)7-4-17-5-10-20(25)11-6-17/h4-16,25-26H,1-3H3. The summed E-state index contributed by atoms with van der Waals surface area (Å²) in [7, 11) is 3.28. The molecule has 0 saturated heterocycles. The van der Waals surface area contributed by atoms with Crippen molar-refractivity contribution in [3.05, 3.63) is 82.9 Å². The average Bonchev–Trinajstić information content (AvgIpc) is 2.72. The van der Waals surface area contributed by atoms with Crippen molar-refractivity contribution in [2.24, 2.45) is 0 Å². The normalized spacial score (nSPS) is 12.1. The van der Waals surface area contributed by atoms with Gasteiger partial charge in [0.15, 0.2) is 0 Å². The van der Waals surface area contributed by atoms with Gasteiger partial charge in [0.25, 0.3) is 0 Å². The third-order valence-electron chi connectivity index (χ3n) is 4.78. The van der Waals surface area contributed by atoms with Crippen LogP contribution in [0.1, 0.15) is 35.1 Å². The van der Waals surface area contributed by atoms with Crippen LogP contribution in [-0.4, -0.2) is 24.4 Å². The molecule has 144 valence electrons. The summed E-state index contributed by atoms with van der Waals surface area (Å²) >= 11 is 0. The van der Waals surface area contributed by atoms with E-state index >= 15 is 0 Å². The molecule has 0 aliphatic carbocycles. The highest BCUT2D eigenvalue weighted by molar-refractivity contribution is 5.74. The fraction of sp³-hybridized carbons (Fsp3) is 0.167. The highest BCUT2D eigenvalue weighted by atomic mass is 16.5. The van der Waals surface area contributed by atoms with Gasteiger partial charge in [-0.3, -0.25) is 0 Å². The van der Waals surface area contributed by atoms with Gasteiger partial charge in [-0.2, -0.15) is 0 Å². The Balaban J connectivity index is 2.08. The van der Waals surface area contributed by atoms with Gasteiger partial charge in [-0.15, -0.1) is 0 Å². The largest absolute Gasteiger partial charge is 0.508 e. The van der Waals surface area contributed by atoms with Crippen LogP contribution in [0.25, 0.3) is 12.2 Å². The highest BCUT2D eigenvalue weighted by Crippen LogP contribution is 2.38. The lowest BCUT2D eigenvalue weighted by Gasteiger charge is -2.20. The van der Waals surface area contributed by atoms with Gasteiger partial charge >= 0.3 is 0 Å². The van der Waals surface area contributed by atoms with E-state index in [0.717, 1.165) is 28.0 Å². The maximum absolute atomic E-state index is 9.59. The number of phenols is 2. The van der Waals surface area contributed by atoms with Gasteiger partial charge in [0.05, 0.1) is 14.2 Å². The number of rotatable bonds is 6. The number of aromatic hydroxyl groups is 2. The fourth-order valence-corrected chi connectivity index (χ4v) is 3.21. The van der Waals surface area contributed by atoms with E-state index in [9.17, 15) is 10.2 Å². The van der Waals surface area contributed by atoms with E-state index in [1.54, 1.807) is 38.5 Å². The molecule has 0 radical (unpaired) electrons. The first-order valence-electron chi connectivity index (χ1n) is 9.03. The number of benzene rings is 3. The van der Waals surface area contributed by atoms with E-state index in [2.05, 4.69) is 6.92 Å². The Labute approximate surface area is 165 Å². The molecule has 3 rings (SSSR count). The SMILES string of the molecule is COc1cc(C=Cc2ccc(O)cc2)c(C(C)c2ccc(O)cc2)c(OC)c1. The van der Waals surface area contributed by atoms with Crippen LogP contribution in [0.15, 0.2) is 60.7 Å². The summed E-state index contributed by atoms with van der Waals surface area (Å²) in [6.45, 7) is 2.11. The number of phenolic OH excluding ortho intramolecular Hbond substituents is 2. The third-order valence-corrected chi connectivity index (χ3v) is 4.78. The second kappa shape index (κ2) is 8.53. The summed E-state index contributed by atoms with van der Waals surface area (Å²) in [5.41, 5.74) is 4.05. The Hall–Kier alpha value is -3.40. The van der Waals surface area contributed by atoms with E-state index in [0.29, 0.717) is 5.75 Å². The molecule has 0 bridgehead atoms. The minimum atomic E-state index is 0.0425. The Morgan fingerprint density at radius 1 is 0.786 bits per heavy atom. The predicted octanol–water partition coefficient (Wildman–Crippen LogP) is 5.44. The molecule has 0 heterocycles. The van der Waals surface area contributed by atoms with Crippen LogP contribution in [0.5, 0.6) is 23.0 Å². The van der Waals surface area contributed by atoms with Crippen molar-refractivity contribution < 1.29 is 19.7 Å². The monoisotopic (exact) mass is 376 g/mol. The first-order chi connectivity index (χ1) is 13.5. The van der Waals surface area contributed by atoms with Gasteiger partial charge in [0.2, 0.25) is 0 Å². The first-order valence-corrected chi connectivity index (χ1v) is 9.03. The second-order valence-electron chi connectivity index (χ2n) is 6.57. The molecule has 1 atom stereocenters. The van der Waals surface area contributed by atoms with Gasteiger partial charge in [-0.25, -0.2) is 0 Å². The zero-order valence-corrected chi connectivity index (χ0v) is 16.2. The van der Waals surface area contributed by atoms with Crippen LogP contribution in [0.3, 0.4) is 0 Å². The van der Waals surface area contributed by atoms with Crippen LogP contribution >= 0.6 is 0 Å². The molecule has 0 amide bonds. The first kappa shape index (κ1) is 19.4. The molecule has 0 aliphatic heterocycles. The van der Waals surface area contributed by atoms with Crippen molar-refractivity contribution >= 4 is 12.2 Å². The van der Waals surface area contributed by atoms with Crippen molar-refractivity contribution in [2.75, 3.05) is 14.2 Å². The van der Waals surface area contributed by atoms with Gasteiger partial charge in [-0.1, -0.05) is 43.3 Å². The van der Waals surface area contributed by atoms with E-state index in [1.165, 1.54) is 0 Å². The number of hydrogen-bond acceptors (Lipinski definition) is 4. The van der Waals surface area contributed by atoms with E-state index in [-0.39, 0.29) is 17.4 Å². The number of hydrogen-bond donors (Lipinski definition) is 2. The Bertz CT molecular complexity index is 957. The minimum Gasteiger partial charge on any atom is -0.508 e. The smallest absolute Gasteiger partial charge is 0.126 e. The van der Waals surface area contributed by atoms with Crippen LogP contribution in [-0.2, 0) is 0 Å². The summed E-state index contributed by atoms with van der Waals surface area (Å²) in [5, 5.41) is 19.1. The average molecular weight is 376 g/mol. The molecule has 4 nitrogen and oxygen atoms in total. The summed E-state index contributed by atoms with van der Waals surface area (Å²) in [4.78, 5) is 0. The molecule has 0 saturated carbocycles. The van der Waals surface area contributed by atoms with Crippen molar-refractivity contribution in [3.63, 3.8) is 0 Å². The molecule has 1 unspecified atom stereocenters. The van der Waals surface area contributed by atoms with Crippen molar-refractivity contribution in [1.82, 2.24) is 0 Å². The molecule has 0 fully saturated rings. The van der Waals surface area contributed by atoms with Gasteiger partial charge < -0.3 is 19.7 Å². The summed E-state index contributed by atoms with van der Waals surface area (Å²) in [6.07, 6.45) is 4.00. The highest BCUT2D eigenvalue weighted by Gasteiger charge is 2.19. The maximum Gasteiger partial charge on any atom is 0.126 e. The lowest BCUT2D eigenvalue weighted by molar-refractivity contribution is 0.390. The van der Waals surface area contributed by atoms with Crippen molar-refractivity contribution in [1.29, 1.82) is 0 Å². The van der Waals surface area contributed by atoms with Crippen LogP contribution < -0.4 is 9.47 Å². The molecule has 3 aromatic rings. The van der Waals surface area contributed by atoms with Crippen molar-refractivity contribution in [2.45, 2.75) is 12.8 Å². The Kier molecular flexibility index (Phi) is 5.90. The lowest BCUT2D eigenvalue weighted by Crippen LogP contribution is -2.03. The van der Waals surface area contributed by atoms with Crippen LogP contribution in [0.2, 0.25) is 0 Å². The number of methoxy groups -OCH3 is 2. The molecule has 28 heavy (non-hydrogen) atoms. The van der Waals surface area contributed by atoms with E-state index in [4.69, 9.17) is 9.47 Å². The lowest BCUT2D eigenvalue weighted by atomic mass is 9.88. The Morgan fingerprint density at radius 3 is 1.96 bits per heavy atom. The molecule has 3 aromatic carbocycles. The molecular weight excluding hydrogens is 352 g/mol. The fourth-order valence-electron chi connectivity index (χ4n) is 3.21.